The number of hydrogen-bond acceptors (Lipinski definition) is 6. The molecule has 28 heavy (non-hydrogen) atoms. The lowest BCUT2D eigenvalue weighted by molar-refractivity contribution is 0.112. The van der Waals surface area contributed by atoms with Gasteiger partial charge in [-0.3, -0.25) is 4.79 Å². The van der Waals surface area contributed by atoms with Crippen molar-refractivity contribution in [3.05, 3.63) is 65.9 Å². The lowest BCUT2D eigenvalue weighted by Gasteiger charge is -2.14. The average Bonchev–Trinajstić information content (AvgIpc) is 2.77. The molecule has 0 fully saturated rings. The zero-order valence-electron chi connectivity index (χ0n) is 16.1. The molecule has 0 saturated heterocycles. The molecule has 1 aromatic heterocycles. The van der Waals surface area contributed by atoms with Gasteiger partial charge in [-0.25, -0.2) is 4.98 Å². The fourth-order valence-electron chi connectivity index (χ4n) is 2.95. The minimum absolute atomic E-state index is 0.536. The first-order valence-electron chi connectivity index (χ1n) is 8.73. The number of anilines is 1. The summed E-state index contributed by atoms with van der Waals surface area (Å²) < 4.78 is 16.1. The van der Waals surface area contributed by atoms with Crippen LogP contribution < -0.4 is 19.5 Å². The van der Waals surface area contributed by atoms with Gasteiger partial charge in [0, 0.05) is 23.9 Å². The topological polar surface area (TPSA) is 69.7 Å². The van der Waals surface area contributed by atoms with Crippen molar-refractivity contribution in [2.75, 3.05) is 26.6 Å². The van der Waals surface area contributed by atoms with Crippen molar-refractivity contribution >= 4 is 12.1 Å². The van der Waals surface area contributed by atoms with Crippen LogP contribution in [-0.4, -0.2) is 32.6 Å². The first-order valence-corrected chi connectivity index (χ1v) is 8.73. The van der Waals surface area contributed by atoms with E-state index in [-0.39, 0.29) is 0 Å². The van der Waals surface area contributed by atoms with Gasteiger partial charge in [-0.05, 0) is 35.4 Å². The van der Waals surface area contributed by atoms with Gasteiger partial charge < -0.3 is 19.5 Å². The number of pyridine rings is 1. The Labute approximate surface area is 164 Å². The second-order valence-electron chi connectivity index (χ2n) is 6.02. The maximum absolute atomic E-state index is 11.2. The molecule has 0 atom stereocenters. The minimum atomic E-state index is 0.536. The van der Waals surface area contributed by atoms with Crippen LogP contribution in [0.1, 0.15) is 15.9 Å². The number of rotatable bonds is 8. The zero-order valence-corrected chi connectivity index (χ0v) is 16.1. The van der Waals surface area contributed by atoms with Crippen molar-refractivity contribution in [3.63, 3.8) is 0 Å². The highest BCUT2D eigenvalue weighted by Crippen LogP contribution is 2.38. The number of aromatic nitrogens is 1. The summed E-state index contributed by atoms with van der Waals surface area (Å²) in [5.74, 6) is 2.49. The van der Waals surface area contributed by atoms with Gasteiger partial charge in [0.05, 0.1) is 21.3 Å². The molecule has 1 N–H and O–H groups in total. The molecule has 0 bridgehead atoms. The summed E-state index contributed by atoms with van der Waals surface area (Å²) in [6.07, 6.45) is 2.60. The second kappa shape index (κ2) is 8.90. The Balaban J connectivity index is 1.76. The van der Waals surface area contributed by atoms with Gasteiger partial charge in [-0.1, -0.05) is 24.3 Å². The van der Waals surface area contributed by atoms with Crippen molar-refractivity contribution in [3.8, 4) is 28.4 Å². The molecule has 3 rings (SSSR count). The number of carbonyl (C=O) groups is 1. The first-order chi connectivity index (χ1) is 13.7. The standard InChI is InChI=1S/C22H22N2O4/c1-26-19-10-15(11-20(27-2)22(19)28-3)12-23-21-9-8-16(13-24-21)18-7-5-4-6-17(18)14-25/h4-11,13-14H,12H2,1-3H3,(H,23,24). The van der Waals surface area contributed by atoms with Crippen molar-refractivity contribution in [1.29, 1.82) is 0 Å². The largest absolute Gasteiger partial charge is 0.493 e. The van der Waals surface area contributed by atoms with E-state index < -0.39 is 0 Å². The molecule has 0 unspecified atom stereocenters. The van der Waals surface area contributed by atoms with E-state index in [1.54, 1.807) is 33.6 Å². The molecule has 0 aliphatic rings. The second-order valence-corrected chi connectivity index (χ2v) is 6.02. The summed E-state index contributed by atoms with van der Waals surface area (Å²) in [5, 5.41) is 3.28. The van der Waals surface area contributed by atoms with Crippen molar-refractivity contribution < 1.29 is 19.0 Å². The third-order valence-corrected chi connectivity index (χ3v) is 4.36. The van der Waals surface area contributed by atoms with Crippen LogP contribution in [0.15, 0.2) is 54.7 Å². The molecular weight excluding hydrogens is 356 g/mol. The fourth-order valence-corrected chi connectivity index (χ4v) is 2.95. The van der Waals surface area contributed by atoms with E-state index in [9.17, 15) is 4.79 Å². The van der Waals surface area contributed by atoms with Crippen LogP contribution in [0.25, 0.3) is 11.1 Å². The highest BCUT2D eigenvalue weighted by atomic mass is 16.5. The molecule has 3 aromatic rings. The quantitative estimate of drug-likeness (QED) is 0.593. The van der Waals surface area contributed by atoms with E-state index in [2.05, 4.69) is 10.3 Å². The predicted molar refractivity (Wildman–Crippen MR) is 108 cm³/mol. The van der Waals surface area contributed by atoms with Gasteiger partial charge in [-0.2, -0.15) is 0 Å². The predicted octanol–water partition coefficient (Wildman–Crippen LogP) is 4.20. The molecule has 144 valence electrons. The van der Waals surface area contributed by atoms with E-state index >= 15 is 0 Å². The number of nitrogens with one attached hydrogen (secondary N) is 1. The van der Waals surface area contributed by atoms with Gasteiger partial charge in [0.2, 0.25) is 5.75 Å². The van der Waals surface area contributed by atoms with Crippen LogP contribution in [0.4, 0.5) is 5.82 Å². The Morgan fingerprint density at radius 2 is 1.68 bits per heavy atom. The summed E-state index contributed by atoms with van der Waals surface area (Å²) >= 11 is 0. The van der Waals surface area contributed by atoms with Crippen LogP contribution in [-0.2, 0) is 6.54 Å². The number of ether oxygens (including phenoxy) is 3. The van der Waals surface area contributed by atoms with E-state index in [1.807, 2.05) is 42.5 Å². The smallest absolute Gasteiger partial charge is 0.203 e. The highest BCUT2D eigenvalue weighted by molar-refractivity contribution is 5.87. The van der Waals surface area contributed by atoms with E-state index in [0.717, 1.165) is 28.8 Å². The molecule has 0 aliphatic carbocycles. The molecule has 2 aromatic carbocycles. The third kappa shape index (κ3) is 4.06. The fraction of sp³-hybridized carbons (Fsp3) is 0.182. The lowest BCUT2D eigenvalue weighted by Crippen LogP contribution is -2.03. The number of benzene rings is 2. The Morgan fingerprint density at radius 1 is 0.964 bits per heavy atom. The Bertz CT molecular complexity index is 930. The van der Waals surface area contributed by atoms with Gasteiger partial charge in [0.1, 0.15) is 5.82 Å². The molecular formula is C22H22N2O4. The summed E-state index contributed by atoms with van der Waals surface area (Å²) in [7, 11) is 4.75. The normalized spacial score (nSPS) is 10.2. The maximum Gasteiger partial charge on any atom is 0.203 e. The van der Waals surface area contributed by atoms with E-state index in [1.165, 1.54) is 0 Å². The SMILES string of the molecule is COc1cc(CNc2ccc(-c3ccccc3C=O)cn2)cc(OC)c1OC. The molecule has 6 heteroatoms. The third-order valence-electron chi connectivity index (χ3n) is 4.36. The average molecular weight is 378 g/mol. The van der Waals surface area contributed by atoms with Crippen molar-refractivity contribution in [2.24, 2.45) is 0 Å². The molecule has 0 aliphatic heterocycles. The number of aldehydes is 1. The molecule has 6 nitrogen and oxygen atoms in total. The molecule has 0 saturated carbocycles. The molecule has 1 heterocycles. The first kappa shape index (κ1) is 19.2. The van der Waals surface area contributed by atoms with Gasteiger partial charge in [0.25, 0.3) is 0 Å². The van der Waals surface area contributed by atoms with Gasteiger partial charge >= 0.3 is 0 Å². The number of carbonyl (C=O) groups excluding carboxylic acids is 1. The zero-order chi connectivity index (χ0) is 19.9. The number of hydrogen-bond donors (Lipinski definition) is 1. The van der Waals surface area contributed by atoms with Crippen molar-refractivity contribution in [1.82, 2.24) is 4.98 Å². The Kier molecular flexibility index (Phi) is 6.11. The Hall–Kier alpha value is -3.54. The van der Waals surface area contributed by atoms with Crippen LogP contribution in [0.2, 0.25) is 0 Å². The number of methoxy groups -OCH3 is 3. The van der Waals surface area contributed by atoms with Crippen LogP contribution >= 0.6 is 0 Å². The van der Waals surface area contributed by atoms with Gasteiger partial charge in [0.15, 0.2) is 17.8 Å². The summed E-state index contributed by atoms with van der Waals surface area (Å²) in [6.45, 7) is 0.536. The van der Waals surface area contributed by atoms with Crippen LogP contribution in [0, 0.1) is 0 Å². The summed E-state index contributed by atoms with van der Waals surface area (Å²) in [6, 6.07) is 15.0. The maximum atomic E-state index is 11.2. The van der Waals surface area contributed by atoms with Crippen molar-refractivity contribution in [2.45, 2.75) is 6.54 Å². The van der Waals surface area contributed by atoms with Crippen LogP contribution in [0.3, 0.4) is 0 Å². The summed E-state index contributed by atoms with van der Waals surface area (Å²) in [4.78, 5) is 15.7. The Morgan fingerprint density at radius 3 is 2.25 bits per heavy atom. The lowest BCUT2D eigenvalue weighted by atomic mass is 10.0. The molecule has 0 spiro atoms. The number of nitrogens with zero attached hydrogens (tertiary/aromatic N) is 1. The molecule has 0 amide bonds. The van der Waals surface area contributed by atoms with Crippen LogP contribution in [0.5, 0.6) is 17.2 Å². The van der Waals surface area contributed by atoms with Gasteiger partial charge in [-0.15, -0.1) is 0 Å². The molecule has 0 radical (unpaired) electrons. The highest BCUT2D eigenvalue weighted by Gasteiger charge is 2.13. The minimum Gasteiger partial charge on any atom is -0.493 e. The monoisotopic (exact) mass is 378 g/mol. The van der Waals surface area contributed by atoms with E-state index in [0.29, 0.717) is 29.4 Å². The van der Waals surface area contributed by atoms with E-state index in [4.69, 9.17) is 14.2 Å². The summed E-state index contributed by atoms with van der Waals surface area (Å²) in [5.41, 5.74) is 3.36.